The molecule has 0 bridgehead atoms. The van der Waals surface area contributed by atoms with Gasteiger partial charge in [-0.2, -0.15) is 0 Å². The van der Waals surface area contributed by atoms with E-state index in [9.17, 15) is 0 Å². The van der Waals surface area contributed by atoms with Crippen LogP contribution in [-0.2, 0) is 0 Å². The van der Waals surface area contributed by atoms with Crippen LogP contribution in [0.3, 0.4) is 0 Å². The Hall–Kier alpha value is -1.26. The van der Waals surface area contributed by atoms with Gasteiger partial charge in [-0.05, 0) is 19.8 Å². The van der Waals surface area contributed by atoms with Gasteiger partial charge < -0.3 is 0 Å². The summed E-state index contributed by atoms with van der Waals surface area (Å²) in [6.07, 6.45) is 24.3. The third-order valence-electron chi connectivity index (χ3n) is 1.97. The third-order valence-corrected chi connectivity index (χ3v) is 2.69. The maximum atomic E-state index is 4.00. The zero-order chi connectivity index (χ0) is 15.5. The van der Waals surface area contributed by atoms with Crippen LogP contribution in [0.5, 0.6) is 0 Å². The fourth-order valence-corrected chi connectivity index (χ4v) is 1.21. The van der Waals surface area contributed by atoms with Crippen molar-refractivity contribution in [2.75, 3.05) is 0 Å². The van der Waals surface area contributed by atoms with Gasteiger partial charge in [-0.15, -0.1) is 12.8 Å². The highest BCUT2D eigenvalue weighted by atomic mass is 79.9. The summed E-state index contributed by atoms with van der Waals surface area (Å²) in [6.45, 7) is 11.8. The molecule has 0 heterocycles. The third kappa shape index (κ3) is 19.3. The van der Waals surface area contributed by atoms with Gasteiger partial charge in [0.2, 0.25) is 0 Å². The number of rotatable bonds is 6. The molecule has 0 aromatic heterocycles. The standard InChI is InChI=1S/C14H19Br.C2H6.C2H2/c1-4-7-8-10-13(5-2)11-9-12-14(15)6-3;2*1-2/h4,6-10,12H,1,5,11H2,2-3H3;1-2H3;1-2H/b8-7-,12-9-,13-10+,14-6+;;. The van der Waals surface area contributed by atoms with Crippen LogP contribution in [0.1, 0.15) is 40.5 Å². The average Bonchev–Trinajstić information content (AvgIpc) is 2.49. The molecule has 0 nitrogen and oxygen atoms in total. The second-order valence-corrected chi connectivity index (χ2v) is 3.99. The van der Waals surface area contributed by atoms with Gasteiger partial charge in [0, 0.05) is 4.48 Å². The zero-order valence-corrected chi connectivity index (χ0v) is 14.3. The first-order chi connectivity index (χ1) is 9.24. The van der Waals surface area contributed by atoms with Crippen LogP contribution in [-0.4, -0.2) is 0 Å². The SMILES string of the molecule is C#C.C=C/C=C\C=C(/CC)C/C=C\C(Br)=C/C.CC. The van der Waals surface area contributed by atoms with E-state index in [2.05, 4.69) is 60.5 Å². The van der Waals surface area contributed by atoms with Gasteiger partial charge in [-0.1, -0.05) is 91.4 Å². The largest absolute Gasteiger partial charge is 0.124 e. The molecule has 0 aliphatic carbocycles. The van der Waals surface area contributed by atoms with Crippen LogP contribution >= 0.6 is 15.9 Å². The molecule has 1 heteroatoms. The Morgan fingerprint density at radius 3 is 2.21 bits per heavy atom. The average molecular weight is 323 g/mol. The van der Waals surface area contributed by atoms with Crippen molar-refractivity contribution in [3.8, 4) is 12.8 Å². The molecule has 0 rings (SSSR count). The number of hydrogen-bond donors (Lipinski definition) is 0. The molecule has 0 saturated heterocycles. The van der Waals surface area contributed by atoms with E-state index in [1.54, 1.807) is 6.08 Å². The van der Waals surface area contributed by atoms with E-state index >= 15 is 0 Å². The molecule has 0 aromatic rings. The molecule has 0 amide bonds. The van der Waals surface area contributed by atoms with Crippen molar-refractivity contribution in [3.63, 3.8) is 0 Å². The number of allylic oxidation sites excluding steroid dienone is 9. The second-order valence-electron chi connectivity index (χ2n) is 3.08. The lowest BCUT2D eigenvalue weighted by Gasteiger charge is -1.97. The highest BCUT2D eigenvalue weighted by Gasteiger charge is 1.88. The van der Waals surface area contributed by atoms with E-state index in [4.69, 9.17) is 0 Å². The summed E-state index contributed by atoms with van der Waals surface area (Å²) in [7, 11) is 0. The molecular formula is C18H27Br. The first-order valence-corrected chi connectivity index (χ1v) is 7.32. The van der Waals surface area contributed by atoms with Gasteiger partial charge >= 0.3 is 0 Å². The van der Waals surface area contributed by atoms with Crippen LogP contribution in [0, 0.1) is 12.8 Å². The Morgan fingerprint density at radius 1 is 1.21 bits per heavy atom. The van der Waals surface area contributed by atoms with Crippen molar-refractivity contribution >= 4 is 15.9 Å². The van der Waals surface area contributed by atoms with Crippen LogP contribution in [0.2, 0.25) is 0 Å². The normalized spacial score (nSPS) is 11.5. The smallest absolute Gasteiger partial charge is 0.0129 e. The molecule has 0 unspecified atom stereocenters. The van der Waals surface area contributed by atoms with Crippen molar-refractivity contribution < 1.29 is 0 Å². The monoisotopic (exact) mass is 322 g/mol. The summed E-state index contributed by atoms with van der Waals surface area (Å²) in [5.41, 5.74) is 1.42. The molecule has 0 N–H and O–H groups in total. The predicted molar refractivity (Wildman–Crippen MR) is 95.4 cm³/mol. The number of halogens is 1. The Kier molecular flexibility index (Phi) is 26.5. The predicted octanol–water partition coefficient (Wildman–Crippen LogP) is 6.59. The van der Waals surface area contributed by atoms with E-state index in [0.717, 1.165) is 17.3 Å². The van der Waals surface area contributed by atoms with Gasteiger partial charge in [-0.25, -0.2) is 0 Å². The molecule has 0 radical (unpaired) electrons. The van der Waals surface area contributed by atoms with E-state index in [0.29, 0.717) is 0 Å². The minimum absolute atomic E-state index is 1.00. The van der Waals surface area contributed by atoms with E-state index in [-0.39, 0.29) is 0 Å². The molecule has 19 heavy (non-hydrogen) atoms. The van der Waals surface area contributed by atoms with Crippen LogP contribution in [0.25, 0.3) is 0 Å². The van der Waals surface area contributed by atoms with Gasteiger partial charge in [0.1, 0.15) is 0 Å². The summed E-state index contributed by atoms with van der Waals surface area (Å²) in [4.78, 5) is 0. The lowest BCUT2D eigenvalue weighted by molar-refractivity contribution is 1.03. The summed E-state index contributed by atoms with van der Waals surface area (Å²) >= 11 is 3.44. The first kappa shape index (κ1) is 22.9. The molecule has 0 fully saturated rings. The van der Waals surface area contributed by atoms with Gasteiger partial charge in [0.05, 0.1) is 0 Å². The van der Waals surface area contributed by atoms with Crippen molar-refractivity contribution in [1.29, 1.82) is 0 Å². The maximum absolute atomic E-state index is 4.00. The molecule has 0 aliphatic heterocycles. The Balaban J connectivity index is -0.000000579. The van der Waals surface area contributed by atoms with Crippen molar-refractivity contribution in [2.45, 2.75) is 40.5 Å². The Bertz CT molecular complexity index is 325. The highest BCUT2D eigenvalue weighted by molar-refractivity contribution is 9.11. The maximum Gasteiger partial charge on any atom is 0.0129 e. The zero-order valence-electron chi connectivity index (χ0n) is 12.7. The van der Waals surface area contributed by atoms with Gasteiger partial charge in [-0.3, -0.25) is 0 Å². The van der Waals surface area contributed by atoms with Crippen LogP contribution < -0.4 is 0 Å². The fraction of sp³-hybridized carbons (Fsp3) is 0.333. The number of terminal acetylenes is 1. The summed E-state index contributed by atoms with van der Waals surface area (Å²) in [5, 5.41) is 0. The van der Waals surface area contributed by atoms with E-state index in [1.807, 2.05) is 39.0 Å². The lowest BCUT2D eigenvalue weighted by Crippen LogP contribution is -1.77. The van der Waals surface area contributed by atoms with Crippen LogP contribution in [0.4, 0.5) is 0 Å². The molecule has 0 aromatic carbocycles. The molecular weight excluding hydrogens is 296 g/mol. The van der Waals surface area contributed by atoms with Crippen molar-refractivity contribution in [2.24, 2.45) is 0 Å². The van der Waals surface area contributed by atoms with Gasteiger partial charge in [0.25, 0.3) is 0 Å². The lowest BCUT2D eigenvalue weighted by atomic mass is 10.1. The summed E-state index contributed by atoms with van der Waals surface area (Å²) in [6, 6.07) is 0. The van der Waals surface area contributed by atoms with Crippen molar-refractivity contribution in [3.05, 3.63) is 59.2 Å². The van der Waals surface area contributed by atoms with E-state index in [1.165, 1.54) is 5.57 Å². The highest BCUT2D eigenvalue weighted by Crippen LogP contribution is 2.11. The molecule has 0 spiro atoms. The Labute approximate surface area is 128 Å². The molecule has 0 aliphatic rings. The first-order valence-electron chi connectivity index (χ1n) is 6.53. The molecule has 0 atom stereocenters. The quantitative estimate of drug-likeness (QED) is 0.382. The van der Waals surface area contributed by atoms with Crippen molar-refractivity contribution in [1.82, 2.24) is 0 Å². The topological polar surface area (TPSA) is 0 Å². The van der Waals surface area contributed by atoms with Gasteiger partial charge in [0.15, 0.2) is 0 Å². The van der Waals surface area contributed by atoms with Crippen LogP contribution in [0.15, 0.2) is 59.2 Å². The minimum atomic E-state index is 1.00. The number of hydrogen-bond acceptors (Lipinski definition) is 0. The Morgan fingerprint density at radius 2 is 1.79 bits per heavy atom. The minimum Gasteiger partial charge on any atom is -0.124 e. The molecule has 106 valence electrons. The molecule has 0 saturated carbocycles. The summed E-state index contributed by atoms with van der Waals surface area (Å²) in [5.74, 6) is 0. The van der Waals surface area contributed by atoms with E-state index < -0.39 is 0 Å². The summed E-state index contributed by atoms with van der Waals surface area (Å²) < 4.78 is 1.12. The fourth-order valence-electron chi connectivity index (χ4n) is 1.02. The second kappa shape index (κ2) is 22.0.